The van der Waals surface area contributed by atoms with Gasteiger partial charge in [-0.05, 0) is 47.5 Å². The Labute approximate surface area is 164 Å². The number of pyridine rings is 1. The van der Waals surface area contributed by atoms with Crippen molar-refractivity contribution < 1.29 is 13.9 Å². The van der Waals surface area contributed by atoms with Crippen LogP contribution in [0.3, 0.4) is 0 Å². The van der Waals surface area contributed by atoms with Crippen LogP contribution in [-0.2, 0) is 19.7 Å². The molecule has 1 heterocycles. The first-order chi connectivity index (χ1) is 12.7. The van der Waals surface area contributed by atoms with Crippen molar-refractivity contribution in [1.29, 1.82) is 0 Å². The lowest BCUT2D eigenvalue weighted by Gasteiger charge is -2.13. The first-order valence-electron chi connectivity index (χ1n) is 8.39. The van der Waals surface area contributed by atoms with Crippen LogP contribution in [0.1, 0.15) is 16.8 Å². The van der Waals surface area contributed by atoms with Gasteiger partial charge >= 0.3 is 0 Å². The molecule has 0 aliphatic rings. The Bertz CT molecular complexity index is 829. The van der Waals surface area contributed by atoms with Crippen LogP contribution in [0, 0.1) is 5.82 Å². The largest absolute Gasteiger partial charge is 0.493 e. The first kappa shape index (κ1) is 20.7. The van der Waals surface area contributed by atoms with Gasteiger partial charge in [0.1, 0.15) is 12.4 Å². The number of methoxy groups -OCH3 is 1. The normalized spacial score (nSPS) is 10.1. The van der Waals surface area contributed by atoms with Crippen LogP contribution >= 0.6 is 12.4 Å². The molecule has 1 aromatic heterocycles. The molecular weight excluding hydrogens is 367 g/mol. The van der Waals surface area contributed by atoms with Gasteiger partial charge in [-0.1, -0.05) is 24.3 Å². The average molecular weight is 389 g/mol. The zero-order valence-electron chi connectivity index (χ0n) is 15.0. The van der Waals surface area contributed by atoms with E-state index in [1.807, 2.05) is 36.4 Å². The summed E-state index contributed by atoms with van der Waals surface area (Å²) in [6.07, 6.45) is 1.79. The summed E-state index contributed by atoms with van der Waals surface area (Å²) in [5.41, 5.74) is 2.99. The lowest BCUT2D eigenvalue weighted by atomic mass is 10.2. The summed E-state index contributed by atoms with van der Waals surface area (Å²) in [4.78, 5) is 4.29. The topological polar surface area (TPSA) is 43.4 Å². The van der Waals surface area contributed by atoms with Crippen LogP contribution in [0.5, 0.6) is 11.5 Å². The maximum Gasteiger partial charge on any atom is 0.161 e. The summed E-state index contributed by atoms with van der Waals surface area (Å²) >= 11 is 0. The third kappa shape index (κ3) is 6.24. The molecule has 4 nitrogen and oxygen atoms in total. The van der Waals surface area contributed by atoms with Crippen molar-refractivity contribution in [2.75, 3.05) is 7.11 Å². The van der Waals surface area contributed by atoms with Crippen LogP contribution in [0.15, 0.2) is 66.9 Å². The third-order valence-electron chi connectivity index (χ3n) is 3.90. The molecule has 2 aromatic carbocycles. The molecule has 6 heteroatoms. The van der Waals surface area contributed by atoms with Crippen molar-refractivity contribution in [3.63, 3.8) is 0 Å². The Balaban J connectivity index is 0.00000261. The molecule has 1 N–H and O–H groups in total. The van der Waals surface area contributed by atoms with Gasteiger partial charge in [-0.2, -0.15) is 0 Å². The molecule has 0 aliphatic carbocycles. The molecule has 0 fully saturated rings. The van der Waals surface area contributed by atoms with E-state index >= 15 is 0 Å². The number of nitrogens with one attached hydrogen (secondary N) is 1. The highest BCUT2D eigenvalue weighted by molar-refractivity contribution is 5.85. The lowest BCUT2D eigenvalue weighted by Crippen LogP contribution is -2.13. The van der Waals surface area contributed by atoms with Crippen LogP contribution in [0.4, 0.5) is 4.39 Å². The number of aromatic nitrogens is 1. The van der Waals surface area contributed by atoms with Gasteiger partial charge in [0.05, 0.1) is 12.8 Å². The van der Waals surface area contributed by atoms with Gasteiger partial charge in [0.2, 0.25) is 0 Å². The van der Waals surface area contributed by atoms with E-state index in [9.17, 15) is 4.39 Å². The zero-order chi connectivity index (χ0) is 18.2. The number of rotatable bonds is 8. The number of hydrogen-bond acceptors (Lipinski definition) is 4. The summed E-state index contributed by atoms with van der Waals surface area (Å²) in [5, 5.41) is 3.36. The molecular formula is C21H22ClFN2O2. The molecule has 0 saturated heterocycles. The summed E-state index contributed by atoms with van der Waals surface area (Å²) in [6, 6.07) is 18.0. The van der Waals surface area contributed by atoms with Gasteiger partial charge in [-0.15, -0.1) is 12.4 Å². The van der Waals surface area contributed by atoms with Crippen molar-refractivity contribution >= 4 is 12.4 Å². The first-order valence-corrected chi connectivity index (χ1v) is 8.39. The fourth-order valence-electron chi connectivity index (χ4n) is 2.52. The molecule has 0 unspecified atom stereocenters. The Morgan fingerprint density at radius 1 is 0.926 bits per heavy atom. The molecule has 27 heavy (non-hydrogen) atoms. The van der Waals surface area contributed by atoms with Crippen LogP contribution in [0.2, 0.25) is 0 Å². The van der Waals surface area contributed by atoms with E-state index in [1.54, 1.807) is 25.4 Å². The maximum atomic E-state index is 13.0. The van der Waals surface area contributed by atoms with E-state index in [4.69, 9.17) is 9.47 Å². The predicted molar refractivity (Wildman–Crippen MR) is 106 cm³/mol. The molecule has 3 aromatic rings. The molecule has 0 atom stereocenters. The Kier molecular flexibility index (Phi) is 8.04. The van der Waals surface area contributed by atoms with Gasteiger partial charge in [0.15, 0.2) is 11.5 Å². The van der Waals surface area contributed by atoms with E-state index in [0.29, 0.717) is 31.2 Å². The fraction of sp³-hybridized carbons (Fsp3) is 0.190. The SMILES string of the molecule is COc1cc(CNCc2ccccn2)ccc1OCc1ccc(F)cc1.Cl. The highest BCUT2D eigenvalue weighted by Crippen LogP contribution is 2.28. The van der Waals surface area contributed by atoms with Gasteiger partial charge in [0.25, 0.3) is 0 Å². The third-order valence-corrected chi connectivity index (χ3v) is 3.90. The van der Waals surface area contributed by atoms with Crippen molar-refractivity contribution in [3.05, 3.63) is 89.5 Å². The molecule has 3 rings (SSSR count). The Morgan fingerprint density at radius 2 is 1.70 bits per heavy atom. The van der Waals surface area contributed by atoms with Gasteiger partial charge in [0, 0.05) is 19.3 Å². The fourth-order valence-corrected chi connectivity index (χ4v) is 2.52. The minimum atomic E-state index is -0.256. The molecule has 0 saturated carbocycles. The Morgan fingerprint density at radius 3 is 2.41 bits per heavy atom. The number of hydrogen-bond donors (Lipinski definition) is 1. The highest BCUT2D eigenvalue weighted by atomic mass is 35.5. The average Bonchev–Trinajstić information content (AvgIpc) is 2.69. The molecule has 0 aliphatic heterocycles. The van der Waals surface area contributed by atoms with Crippen molar-refractivity contribution in [1.82, 2.24) is 10.3 Å². The van der Waals surface area contributed by atoms with Crippen LogP contribution in [-0.4, -0.2) is 12.1 Å². The summed E-state index contributed by atoms with van der Waals surface area (Å²) < 4.78 is 24.2. The number of nitrogens with zero attached hydrogens (tertiary/aromatic N) is 1. The van der Waals surface area contributed by atoms with Gasteiger partial charge < -0.3 is 14.8 Å². The van der Waals surface area contributed by atoms with Crippen LogP contribution < -0.4 is 14.8 Å². The predicted octanol–water partition coefficient (Wildman–Crippen LogP) is 4.52. The smallest absolute Gasteiger partial charge is 0.161 e. The van der Waals surface area contributed by atoms with Gasteiger partial charge in [-0.3, -0.25) is 4.98 Å². The second-order valence-electron chi connectivity index (χ2n) is 5.82. The van der Waals surface area contributed by atoms with E-state index in [0.717, 1.165) is 16.8 Å². The molecule has 0 amide bonds. The molecule has 0 radical (unpaired) electrons. The number of ether oxygens (including phenoxy) is 2. The lowest BCUT2D eigenvalue weighted by molar-refractivity contribution is 0.284. The summed E-state index contributed by atoms with van der Waals surface area (Å²) in [6.45, 7) is 1.76. The number of benzene rings is 2. The minimum absolute atomic E-state index is 0. The molecule has 142 valence electrons. The van der Waals surface area contributed by atoms with E-state index < -0.39 is 0 Å². The second kappa shape index (κ2) is 10.5. The molecule has 0 bridgehead atoms. The van der Waals surface area contributed by atoms with Crippen molar-refractivity contribution in [3.8, 4) is 11.5 Å². The van der Waals surface area contributed by atoms with E-state index in [2.05, 4.69) is 10.3 Å². The van der Waals surface area contributed by atoms with Gasteiger partial charge in [-0.25, -0.2) is 4.39 Å². The van der Waals surface area contributed by atoms with Crippen molar-refractivity contribution in [2.24, 2.45) is 0 Å². The quantitative estimate of drug-likeness (QED) is 0.616. The van der Waals surface area contributed by atoms with Crippen molar-refractivity contribution in [2.45, 2.75) is 19.7 Å². The van der Waals surface area contributed by atoms with Crippen LogP contribution in [0.25, 0.3) is 0 Å². The van der Waals surface area contributed by atoms with E-state index in [-0.39, 0.29) is 18.2 Å². The highest BCUT2D eigenvalue weighted by Gasteiger charge is 2.07. The zero-order valence-corrected chi connectivity index (χ0v) is 15.8. The summed E-state index contributed by atoms with van der Waals surface area (Å²) in [7, 11) is 1.62. The summed E-state index contributed by atoms with van der Waals surface area (Å²) in [5.74, 6) is 1.07. The monoisotopic (exact) mass is 388 g/mol. The van der Waals surface area contributed by atoms with E-state index in [1.165, 1.54) is 12.1 Å². The maximum absolute atomic E-state index is 13.0. The Hall–Kier alpha value is -2.63. The standard InChI is InChI=1S/C21H21FN2O2.ClH/c1-25-21-12-17(13-23-14-19-4-2-3-11-24-19)7-10-20(21)26-15-16-5-8-18(22)9-6-16;/h2-12,23H,13-15H2,1H3;1H. The second-order valence-corrected chi connectivity index (χ2v) is 5.82. The number of halogens is 2. The minimum Gasteiger partial charge on any atom is -0.493 e. The molecule has 0 spiro atoms.